The van der Waals surface area contributed by atoms with Crippen molar-refractivity contribution in [2.45, 2.75) is 18.4 Å². The Morgan fingerprint density at radius 3 is 3.00 bits per heavy atom. The number of ether oxygens (including phenoxy) is 1. The van der Waals surface area contributed by atoms with E-state index in [2.05, 4.69) is 36.2 Å². The maximum Gasteiger partial charge on any atom is 0.306 e. The first-order chi connectivity index (χ1) is 11.2. The van der Waals surface area contributed by atoms with Crippen LogP contribution in [0.5, 0.6) is 0 Å². The molecule has 1 atom stereocenters. The van der Waals surface area contributed by atoms with Crippen LogP contribution in [0.3, 0.4) is 0 Å². The summed E-state index contributed by atoms with van der Waals surface area (Å²) in [7, 11) is 0. The smallest absolute Gasteiger partial charge is 0.306 e. The minimum Gasteiger partial charge on any atom is -0.454 e. The van der Waals surface area contributed by atoms with Gasteiger partial charge in [0.1, 0.15) is 11.4 Å². The van der Waals surface area contributed by atoms with Gasteiger partial charge in [-0.1, -0.05) is 15.9 Å². The van der Waals surface area contributed by atoms with Gasteiger partial charge in [0.25, 0.3) is 0 Å². The molecule has 1 spiro atoms. The van der Waals surface area contributed by atoms with E-state index in [0.29, 0.717) is 11.9 Å². The minimum atomic E-state index is -0.112. The van der Waals surface area contributed by atoms with Gasteiger partial charge in [-0.2, -0.15) is 5.12 Å². The Labute approximate surface area is 143 Å². The van der Waals surface area contributed by atoms with Gasteiger partial charge in [-0.05, 0) is 32.0 Å². The summed E-state index contributed by atoms with van der Waals surface area (Å²) in [5.41, 5.74) is 3.18. The van der Waals surface area contributed by atoms with E-state index in [1.54, 1.807) is 6.20 Å². The number of aliphatic imine (C=N–C) groups is 2. The van der Waals surface area contributed by atoms with Crippen LogP contribution in [-0.4, -0.2) is 65.2 Å². The summed E-state index contributed by atoms with van der Waals surface area (Å²) in [4.78, 5) is 11.5. The first-order valence-corrected chi connectivity index (χ1v) is 8.91. The second-order valence-corrected chi connectivity index (χ2v) is 7.75. The van der Waals surface area contributed by atoms with Crippen molar-refractivity contribution in [3.8, 4) is 0 Å². The first kappa shape index (κ1) is 13.9. The number of hydrogen-bond acceptors (Lipinski definition) is 7. The molecule has 0 amide bonds. The third-order valence-electron chi connectivity index (χ3n) is 5.35. The maximum absolute atomic E-state index is 6.33. The molecule has 0 saturated carbocycles. The Kier molecular flexibility index (Phi) is 3.00. The minimum absolute atomic E-state index is 0.112. The van der Waals surface area contributed by atoms with Gasteiger partial charge in [0.2, 0.25) is 0 Å². The number of rotatable bonds is 1. The number of piperidine rings is 3. The second-order valence-electron chi connectivity index (χ2n) is 6.73. The van der Waals surface area contributed by atoms with Crippen molar-refractivity contribution in [2.75, 3.05) is 32.7 Å². The number of hydrogen-bond donors (Lipinski definition) is 1. The third-order valence-corrected chi connectivity index (χ3v) is 5.83. The number of halogens is 1. The van der Waals surface area contributed by atoms with Crippen LogP contribution >= 0.6 is 15.9 Å². The Morgan fingerprint density at radius 2 is 2.22 bits per heavy atom. The van der Waals surface area contributed by atoms with Gasteiger partial charge in [0.05, 0.1) is 19.3 Å². The molecule has 2 bridgehead atoms. The molecule has 3 fully saturated rings. The van der Waals surface area contributed by atoms with Crippen molar-refractivity contribution in [2.24, 2.45) is 15.9 Å². The standard InChI is InChI=1S/C15H19BrN6O/c16-12-7-13-17-3-6-22(21(13)8-12)19-14-18-9-15(23-14)10-20-4-1-11(15)2-5-20/h3,6-7,11H,1-2,4-5,8-10H2,(H,18,19)/t15-/m0/s1. The molecule has 7 nitrogen and oxygen atoms in total. The van der Waals surface area contributed by atoms with Crippen molar-refractivity contribution in [3.63, 3.8) is 0 Å². The highest BCUT2D eigenvalue weighted by molar-refractivity contribution is 9.11. The van der Waals surface area contributed by atoms with E-state index >= 15 is 0 Å². The highest BCUT2D eigenvalue weighted by Gasteiger charge is 2.51. The summed E-state index contributed by atoms with van der Waals surface area (Å²) in [6.45, 7) is 4.94. The Hall–Kier alpha value is -1.54. The summed E-state index contributed by atoms with van der Waals surface area (Å²) in [6.07, 6.45) is 8.14. The van der Waals surface area contributed by atoms with Gasteiger partial charge in [-0.3, -0.25) is 4.90 Å². The molecule has 3 saturated heterocycles. The molecule has 0 radical (unpaired) electrons. The van der Waals surface area contributed by atoms with E-state index < -0.39 is 0 Å². The average molecular weight is 379 g/mol. The van der Waals surface area contributed by atoms with Crippen LogP contribution < -0.4 is 5.43 Å². The Balaban J connectivity index is 1.28. The van der Waals surface area contributed by atoms with Crippen molar-refractivity contribution in [1.82, 2.24) is 20.5 Å². The maximum atomic E-state index is 6.33. The van der Waals surface area contributed by atoms with E-state index in [-0.39, 0.29) is 5.60 Å². The number of nitrogens with zero attached hydrogens (tertiary/aromatic N) is 5. The van der Waals surface area contributed by atoms with Crippen molar-refractivity contribution < 1.29 is 4.74 Å². The zero-order chi connectivity index (χ0) is 15.4. The van der Waals surface area contributed by atoms with Gasteiger partial charge >= 0.3 is 6.02 Å². The quantitative estimate of drug-likeness (QED) is 0.738. The zero-order valence-corrected chi connectivity index (χ0v) is 14.4. The molecule has 6 aliphatic heterocycles. The first-order valence-electron chi connectivity index (χ1n) is 8.12. The monoisotopic (exact) mass is 378 g/mol. The summed E-state index contributed by atoms with van der Waals surface area (Å²) in [6, 6.07) is 0.618. The van der Waals surface area contributed by atoms with Gasteiger partial charge in [-0.15, -0.1) is 0 Å². The largest absolute Gasteiger partial charge is 0.454 e. The van der Waals surface area contributed by atoms with Crippen LogP contribution in [0.4, 0.5) is 0 Å². The molecule has 6 aliphatic rings. The Morgan fingerprint density at radius 1 is 1.35 bits per heavy atom. The van der Waals surface area contributed by atoms with Crippen LogP contribution in [0.1, 0.15) is 12.8 Å². The fourth-order valence-electron chi connectivity index (χ4n) is 4.16. The summed E-state index contributed by atoms with van der Waals surface area (Å²) in [5.74, 6) is 1.54. The highest BCUT2D eigenvalue weighted by atomic mass is 79.9. The molecule has 8 heteroatoms. The third kappa shape index (κ3) is 2.19. The fraction of sp³-hybridized carbons (Fsp3) is 0.600. The molecular formula is C15H19BrN6O. The lowest BCUT2D eigenvalue weighted by atomic mass is 9.75. The number of hydrazine groups is 2. The van der Waals surface area contributed by atoms with E-state index in [9.17, 15) is 0 Å². The SMILES string of the molecule is BrC1=CC2=NC=CN(NC3=NC[C@@]4(CN5CCC4CC5)O3)N2C1. The molecule has 0 aromatic rings. The van der Waals surface area contributed by atoms with Gasteiger partial charge < -0.3 is 4.74 Å². The van der Waals surface area contributed by atoms with Crippen LogP contribution in [0.25, 0.3) is 0 Å². The van der Waals surface area contributed by atoms with Crippen LogP contribution in [0, 0.1) is 5.92 Å². The van der Waals surface area contributed by atoms with E-state index in [0.717, 1.165) is 30.0 Å². The Bertz CT molecular complexity index is 650. The van der Waals surface area contributed by atoms with Crippen LogP contribution in [0.15, 0.2) is 32.9 Å². The lowest BCUT2D eigenvalue weighted by Gasteiger charge is -2.50. The predicted octanol–water partition coefficient (Wildman–Crippen LogP) is 1.04. The molecule has 0 aromatic heterocycles. The molecule has 0 aliphatic carbocycles. The summed E-state index contributed by atoms with van der Waals surface area (Å²) < 4.78 is 7.43. The molecule has 6 heterocycles. The van der Waals surface area contributed by atoms with Gasteiger partial charge in [0, 0.05) is 23.1 Å². The molecular weight excluding hydrogens is 360 g/mol. The van der Waals surface area contributed by atoms with Gasteiger partial charge in [0.15, 0.2) is 0 Å². The topological polar surface area (TPSA) is 55.7 Å². The molecule has 0 aromatic carbocycles. The number of amidine groups is 2. The normalized spacial score (nSPS) is 37.5. The lowest BCUT2D eigenvalue weighted by molar-refractivity contribution is -0.0883. The summed E-state index contributed by atoms with van der Waals surface area (Å²) >= 11 is 3.54. The molecule has 122 valence electrons. The summed E-state index contributed by atoms with van der Waals surface area (Å²) in [5, 5.41) is 3.93. The molecule has 6 rings (SSSR count). The lowest BCUT2D eigenvalue weighted by Crippen LogP contribution is -2.61. The van der Waals surface area contributed by atoms with Crippen LogP contribution in [0.2, 0.25) is 0 Å². The highest BCUT2D eigenvalue weighted by Crippen LogP contribution is 2.40. The number of fused-ring (bicyclic) bond motifs is 3. The predicted molar refractivity (Wildman–Crippen MR) is 90.5 cm³/mol. The van der Waals surface area contributed by atoms with Gasteiger partial charge in [-0.25, -0.2) is 20.4 Å². The van der Waals surface area contributed by atoms with Crippen molar-refractivity contribution in [3.05, 3.63) is 23.0 Å². The molecule has 0 unspecified atom stereocenters. The van der Waals surface area contributed by atoms with E-state index in [1.807, 2.05) is 22.4 Å². The van der Waals surface area contributed by atoms with E-state index in [1.165, 1.54) is 25.9 Å². The average Bonchev–Trinajstić information content (AvgIpc) is 3.12. The van der Waals surface area contributed by atoms with E-state index in [4.69, 9.17) is 4.74 Å². The molecule has 1 N–H and O–H groups in total. The fourth-order valence-corrected chi connectivity index (χ4v) is 4.61. The van der Waals surface area contributed by atoms with Crippen molar-refractivity contribution >= 4 is 27.8 Å². The molecule has 23 heavy (non-hydrogen) atoms. The second kappa shape index (κ2) is 4.98. The van der Waals surface area contributed by atoms with Crippen molar-refractivity contribution in [1.29, 1.82) is 0 Å². The number of nitrogens with one attached hydrogen (secondary N) is 1. The van der Waals surface area contributed by atoms with Crippen LogP contribution in [-0.2, 0) is 4.74 Å². The zero-order valence-electron chi connectivity index (χ0n) is 12.8.